The molecule has 0 aliphatic heterocycles. The summed E-state index contributed by atoms with van der Waals surface area (Å²) in [6, 6.07) is 5.25. The fourth-order valence-corrected chi connectivity index (χ4v) is 3.84. The second-order valence-corrected chi connectivity index (χ2v) is 7.68. The van der Waals surface area contributed by atoms with Gasteiger partial charge in [0.15, 0.2) is 15.8 Å². The maximum atomic E-state index is 12.4. The van der Waals surface area contributed by atoms with Crippen molar-refractivity contribution in [2.75, 3.05) is 31.4 Å². The van der Waals surface area contributed by atoms with Gasteiger partial charge < -0.3 is 20.1 Å². The Labute approximate surface area is 155 Å². The van der Waals surface area contributed by atoms with E-state index < -0.39 is 0 Å². The van der Waals surface area contributed by atoms with Gasteiger partial charge in [-0.05, 0) is 25.5 Å². The third kappa shape index (κ3) is 5.50. The van der Waals surface area contributed by atoms with Gasteiger partial charge >= 0.3 is 0 Å². The Balaban J connectivity index is 1.94. The zero-order valence-corrected chi connectivity index (χ0v) is 16.3. The van der Waals surface area contributed by atoms with Crippen LogP contribution in [0.1, 0.15) is 20.3 Å². The fraction of sp³-hybridized carbons (Fsp3) is 0.438. The third-order valence-electron chi connectivity index (χ3n) is 3.23. The predicted molar refractivity (Wildman–Crippen MR) is 102 cm³/mol. The molecule has 1 amide bonds. The number of nitrogens with one attached hydrogen (secondary N) is 2. The standard InChI is InChI=1S/C16H22N4O3S2/c1-5-8-17-15-19-20-16(25-15)24-10(2)14(21)18-11-6-7-12(22-3)13(9-11)23-4/h6-7,9-10H,5,8H2,1-4H3,(H,17,19)(H,18,21)/t10-/m0/s1. The summed E-state index contributed by atoms with van der Waals surface area (Å²) in [5.41, 5.74) is 0.651. The zero-order chi connectivity index (χ0) is 18.2. The van der Waals surface area contributed by atoms with Crippen LogP contribution in [-0.4, -0.2) is 42.1 Å². The number of hydrogen-bond acceptors (Lipinski definition) is 8. The van der Waals surface area contributed by atoms with E-state index in [-0.39, 0.29) is 11.2 Å². The molecule has 0 radical (unpaired) electrons. The number of carbonyl (C=O) groups excluding carboxylic acids is 1. The number of methoxy groups -OCH3 is 2. The highest BCUT2D eigenvalue weighted by molar-refractivity contribution is 8.02. The average molecular weight is 383 g/mol. The lowest BCUT2D eigenvalue weighted by Gasteiger charge is -2.13. The van der Waals surface area contributed by atoms with Gasteiger partial charge in [0.25, 0.3) is 0 Å². The predicted octanol–water partition coefficient (Wildman–Crippen LogP) is 3.50. The topological polar surface area (TPSA) is 85.4 Å². The first-order valence-electron chi connectivity index (χ1n) is 7.84. The molecule has 25 heavy (non-hydrogen) atoms. The van der Waals surface area contributed by atoms with E-state index in [2.05, 4.69) is 27.8 Å². The molecule has 7 nitrogen and oxygen atoms in total. The Morgan fingerprint density at radius 1 is 1.28 bits per heavy atom. The number of amides is 1. The number of benzene rings is 1. The van der Waals surface area contributed by atoms with Crippen LogP contribution in [0, 0.1) is 0 Å². The zero-order valence-electron chi connectivity index (χ0n) is 14.7. The molecule has 0 saturated heterocycles. The fourth-order valence-electron chi connectivity index (χ4n) is 1.92. The number of aromatic nitrogens is 2. The molecule has 2 rings (SSSR count). The molecule has 1 aromatic heterocycles. The summed E-state index contributed by atoms with van der Waals surface area (Å²) in [6.45, 7) is 4.78. The minimum atomic E-state index is -0.305. The Hall–Kier alpha value is -2.00. The van der Waals surface area contributed by atoms with Gasteiger partial charge in [-0.15, -0.1) is 10.2 Å². The molecule has 0 fully saturated rings. The lowest BCUT2D eigenvalue weighted by Crippen LogP contribution is -2.22. The van der Waals surface area contributed by atoms with Crippen LogP contribution in [0.15, 0.2) is 22.5 Å². The molecule has 1 heterocycles. The van der Waals surface area contributed by atoms with Gasteiger partial charge in [-0.1, -0.05) is 30.0 Å². The van der Waals surface area contributed by atoms with Crippen LogP contribution in [0.5, 0.6) is 11.5 Å². The second-order valence-electron chi connectivity index (χ2n) is 5.12. The number of hydrogen-bond donors (Lipinski definition) is 2. The van der Waals surface area contributed by atoms with Crippen molar-refractivity contribution in [2.24, 2.45) is 0 Å². The highest BCUT2D eigenvalue weighted by Gasteiger charge is 2.18. The summed E-state index contributed by atoms with van der Waals surface area (Å²) in [5.74, 6) is 1.07. The van der Waals surface area contributed by atoms with Crippen LogP contribution < -0.4 is 20.1 Å². The highest BCUT2D eigenvalue weighted by atomic mass is 32.2. The quantitative estimate of drug-likeness (QED) is 0.642. The molecule has 0 unspecified atom stereocenters. The van der Waals surface area contributed by atoms with Crippen LogP contribution in [0.3, 0.4) is 0 Å². The van der Waals surface area contributed by atoms with Crippen molar-refractivity contribution in [1.82, 2.24) is 10.2 Å². The lowest BCUT2D eigenvalue weighted by molar-refractivity contribution is -0.115. The molecule has 0 aliphatic carbocycles. The molecule has 0 saturated carbocycles. The first-order chi connectivity index (χ1) is 12.1. The van der Waals surface area contributed by atoms with E-state index in [1.54, 1.807) is 32.4 Å². The van der Waals surface area contributed by atoms with Crippen LogP contribution in [0.2, 0.25) is 0 Å². The Morgan fingerprint density at radius 3 is 2.72 bits per heavy atom. The number of thioether (sulfide) groups is 1. The Morgan fingerprint density at radius 2 is 2.04 bits per heavy atom. The summed E-state index contributed by atoms with van der Waals surface area (Å²) in [5, 5.41) is 14.7. The van der Waals surface area contributed by atoms with Crippen LogP contribution in [0.4, 0.5) is 10.8 Å². The summed E-state index contributed by atoms with van der Waals surface area (Å²) in [7, 11) is 3.13. The van der Waals surface area contributed by atoms with E-state index in [0.29, 0.717) is 17.2 Å². The molecular formula is C16H22N4O3S2. The highest BCUT2D eigenvalue weighted by Crippen LogP contribution is 2.32. The van der Waals surface area contributed by atoms with Gasteiger partial charge in [0.1, 0.15) is 0 Å². The number of carbonyl (C=O) groups is 1. The van der Waals surface area contributed by atoms with E-state index in [4.69, 9.17) is 9.47 Å². The minimum absolute atomic E-state index is 0.115. The molecule has 0 spiro atoms. The molecule has 0 bridgehead atoms. The summed E-state index contributed by atoms with van der Waals surface area (Å²) in [4.78, 5) is 12.4. The molecule has 2 aromatic rings. The maximum absolute atomic E-state index is 12.4. The van der Waals surface area contributed by atoms with Crippen molar-refractivity contribution >= 4 is 39.8 Å². The van der Waals surface area contributed by atoms with E-state index in [0.717, 1.165) is 22.4 Å². The molecule has 1 aromatic carbocycles. The van der Waals surface area contributed by atoms with Crippen molar-refractivity contribution in [3.05, 3.63) is 18.2 Å². The first kappa shape index (κ1) is 19.3. The minimum Gasteiger partial charge on any atom is -0.493 e. The SMILES string of the molecule is CCCNc1nnc(S[C@@H](C)C(=O)Nc2ccc(OC)c(OC)c2)s1. The van der Waals surface area contributed by atoms with Crippen molar-refractivity contribution in [2.45, 2.75) is 29.9 Å². The van der Waals surface area contributed by atoms with Gasteiger partial charge in [0.05, 0.1) is 19.5 Å². The molecule has 136 valence electrons. The maximum Gasteiger partial charge on any atom is 0.237 e. The molecule has 2 N–H and O–H groups in total. The molecule has 1 atom stereocenters. The third-order valence-corrected chi connectivity index (χ3v) is 5.30. The van der Waals surface area contributed by atoms with Crippen LogP contribution in [-0.2, 0) is 4.79 Å². The van der Waals surface area contributed by atoms with Gasteiger partial charge in [-0.25, -0.2) is 0 Å². The number of ether oxygens (including phenoxy) is 2. The summed E-state index contributed by atoms with van der Waals surface area (Å²) in [6.07, 6.45) is 1.02. The Bertz CT molecular complexity index is 708. The van der Waals surface area contributed by atoms with E-state index in [9.17, 15) is 4.79 Å². The largest absolute Gasteiger partial charge is 0.493 e. The van der Waals surface area contributed by atoms with E-state index >= 15 is 0 Å². The van der Waals surface area contributed by atoms with E-state index in [1.165, 1.54) is 23.1 Å². The van der Waals surface area contributed by atoms with Crippen LogP contribution >= 0.6 is 23.1 Å². The van der Waals surface area contributed by atoms with Crippen molar-refractivity contribution in [3.63, 3.8) is 0 Å². The molecule has 9 heteroatoms. The van der Waals surface area contributed by atoms with Crippen molar-refractivity contribution < 1.29 is 14.3 Å². The van der Waals surface area contributed by atoms with Gasteiger partial charge in [0.2, 0.25) is 11.0 Å². The second kappa shape index (κ2) is 9.47. The molecule has 0 aliphatic rings. The van der Waals surface area contributed by atoms with Crippen LogP contribution in [0.25, 0.3) is 0 Å². The summed E-state index contributed by atoms with van der Waals surface area (Å²) < 4.78 is 11.2. The normalized spacial score (nSPS) is 11.7. The lowest BCUT2D eigenvalue weighted by atomic mass is 10.2. The van der Waals surface area contributed by atoms with E-state index in [1.807, 2.05) is 6.92 Å². The molecular weight excluding hydrogens is 360 g/mol. The van der Waals surface area contributed by atoms with Gasteiger partial charge in [0, 0.05) is 18.3 Å². The smallest absolute Gasteiger partial charge is 0.237 e. The van der Waals surface area contributed by atoms with Crippen molar-refractivity contribution in [1.29, 1.82) is 0 Å². The number of anilines is 2. The number of rotatable bonds is 9. The average Bonchev–Trinajstić information content (AvgIpc) is 3.06. The van der Waals surface area contributed by atoms with Crippen molar-refractivity contribution in [3.8, 4) is 11.5 Å². The Kier molecular flexibility index (Phi) is 7.32. The first-order valence-corrected chi connectivity index (χ1v) is 9.54. The summed E-state index contributed by atoms with van der Waals surface area (Å²) >= 11 is 2.83. The van der Waals surface area contributed by atoms with Gasteiger partial charge in [-0.3, -0.25) is 4.79 Å². The number of nitrogens with zero attached hydrogens (tertiary/aromatic N) is 2. The van der Waals surface area contributed by atoms with Gasteiger partial charge in [-0.2, -0.15) is 0 Å². The monoisotopic (exact) mass is 382 g/mol.